The van der Waals surface area contributed by atoms with Gasteiger partial charge in [0.1, 0.15) is 17.9 Å². The van der Waals surface area contributed by atoms with Crippen LogP contribution in [0.25, 0.3) is 0 Å². The summed E-state index contributed by atoms with van der Waals surface area (Å²) in [6.45, 7) is 1.08. The number of hydrogen-bond donors (Lipinski definition) is 3. The van der Waals surface area contributed by atoms with Gasteiger partial charge >= 0.3 is 5.97 Å². The number of carboxylic acids is 1. The number of benzene rings is 2. The number of allylic oxidation sites excluding steroid dienone is 1. The van der Waals surface area contributed by atoms with Gasteiger partial charge in [0.25, 0.3) is 5.91 Å². The molecular weight excluding hydrogens is 334 g/mol. The molecule has 3 rings (SSSR count). The van der Waals surface area contributed by atoms with E-state index in [9.17, 15) is 19.5 Å². The lowest BCUT2D eigenvalue weighted by atomic mass is 9.67. The summed E-state index contributed by atoms with van der Waals surface area (Å²) >= 11 is 0. The van der Waals surface area contributed by atoms with E-state index in [1.807, 2.05) is 6.07 Å². The van der Waals surface area contributed by atoms with Crippen molar-refractivity contribution in [2.75, 3.05) is 6.54 Å². The quantitative estimate of drug-likeness (QED) is 0.733. The third-order valence-corrected chi connectivity index (χ3v) is 4.63. The number of fused-ring (bicyclic) bond motifs is 1. The third-order valence-electron chi connectivity index (χ3n) is 4.63. The first kappa shape index (κ1) is 17.4. The molecule has 2 aromatic carbocycles. The maximum atomic E-state index is 12.8. The molecule has 6 heteroatoms. The van der Waals surface area contributed by atoms with E-state index in [0.717, 1.165) is 0 Å². The Kier molecular flexibility index (Phi) is 4.34. The van der Waals surface area contributed by atoms with E-state index in [1.54, 1.807) is 55.5 Å². The van der Waals surface area contributed by atoms with Crippen LogP contribution in [0.3, 0.4) is 0 Å². The number of nitrogens with one attached hydrogen (secondary N) is 1. The number of aliphatic hydroxyl groups excluding tert-OH is 1. The van der Waals surface area contributed by atoms with Crippen molar-refractivity contribution < 1.29 is 24.6 Å². The second-order valence-electron chi connectivity index (χ2n) is 6.17. The summed E-state index contributed by atoms with van der Waals surface area (Å²) in [4.78, 5) is 36.0. The molecule has 6 nitrogen and oxygen atoms in total. The molecule has 1 aliphatic carbocycles. The lowest BCUT2D eigenvalue weighted by Gasteiger charge is -2.36. The van der Waals surface area contributed by atoms with Crippen LogP contribution in [0.1, 0.15) is 28.4 Å². The summed E-state index contributed by atoms with van der Waals surface area (Å²) in [5.41, 5.74) is 0.0553. The number of ketones is 1. The highest BCUT2D eigenvalue weighted by Crippen LogP contribution is 2.44. The lowest BCUT2D eigenvalue weighted by molar-refractivity contribution is -0.137. The second kappa shape index (κ2) is 6.48. The average Bonchev–Trinajstić information content (AvgIpc) is 2.65. The zero-order chi connectivity index (χ0) is 18.9. The highest BCUT2D eigenvalue weighted by atomic mass is 16.4. The number of aliphatic hydroxyl groups is 1. The second-order valence-corrected chi connectivity index (χ2v) is 6.17. The van der Waals surface area contributed by atoms with Crippen molar-refractivity contribution in [3.8, 4) is 0 Å². The normalized spacial score (nSPS) is 19.0. The number of Topliss-reactive ketones (excluding diaryl/α,β-unsaturated/α-hetero) is 1. The highest BCUT2D eigenvalue weighted by Gasteiger charge is 2.45. The minimum absolute atomic E-state index is 0.303. The Labute approximate surface area is 149 Å². The molecule has 132 valence electrons. The molecule has 0 radical (unpaired) electrons. The maximum absolute atomic E-state index is 12.8. The Morgan fingerprint density at radius 3 is 2.31 bits per heavy atom. The predicted octanol–water partition coefficient (Wildman–Crippen LogP) is 2.20. The zero-order valence-corrected chi connectivity index (χ0v) is 14.0. The number of carbonyl (C=O) groups is 3. The van der Waals surface area contributed by atoms with Crippen LogP contribution in [0.5, 0.6) is 0 Å². The predicted molar refractivity (Wildman–Crippen MR) is 94.0 cm³/mol. The maximum Gasteiger partial charge on any atom is 0.322 e. The van der Waals surface area contributed by atoms with Crippen LogP contribution in [-0.4, -0.2) is 34.4 Å². The molecule has 0 spiro atoms. The fourth-order valence-corrected chi connectivity index (χ4v) is 3.26. The lowest BCUT2D eigenvalue weighted by Crippen LogP contribution is -2.41. The van der Waals surface area contributed by atoms with Gasteiger partial charge in [-0.3, -0.25) is 14.4 Å². The van der Waals surface area contributed by atoms with E-state index in [2.05, 4.69) is 5.32 Å². The summed E-state index contributed by atoms with van der Waals surface area (Å²) in [5, 5.41) is 21.9. The van der Waals surface area contributed by atoms with Gasteiger partial charge in [0.15, 0.2) is 0 Å². The molecule has 26 heavy (non-hydrogen) atoms. The van der Waals surface area contributed by atoms with Crippen LogP contribution in [0.4, 0.5) is 0 Å². The molecule has 3 N–H and O–H groups in total. The molecule has 0 aliphatic heterocycles. The van der Waals surface area contributed by atoms with Crippen molar-refractivity contribution in [3.05, 3.63) is 82.6 Å². The smallest absolute Gasteiger partial charge is 0.322 e. The van der Waals surface area contributed by atoms with Crippen molar-refractivity contribution >= 4 is 17.7 Å². The Morgan fingerprint density at radius 2 is 1.65 bits per heavy atom. The Hall–Kier alpha value is -3.41. The van der Waals surface area contributed by atoms with Crippen molar-refractivity contribution in [3.63, 3.8) is 0 Å². The highest BCUT2D eigenvalue weighted by molar-refractivity contribution is 6.28. The molecule has 0 aromatic heterocycles. The van der Waals surface area contributed by atoms with Gasteiger partial charge in [0.2, 0.25) is 5.78 Å². The molecule has 0 heterocycles. The van der Waals surface area contributed by atoms with Gasteiger partial charge < -0.3 is 15.5 Å². The molecule has 1 amide bonds. The number of aliphatic carboxylic acids is 1. The first-order valence-electron chi connectivity index (χ1n) is 8.00. The SMILES string of the molecule is C[C@]1(c2ccccc2)C(O)=C(C(=O)NCC(=O)O)C(=O)c2ccccc21. The number of rotatable bonds is 4. The van der Waals surface area contributed by atoms with Gasteiger partial charge in [-0.25, -0.2) is 0 Å². The molecule has 0 saturated heterocycles. The number of carboxylic acid groups (broad SMARTS) is 1. The van der Waals surface area contributed by atoms with Crippen LogP contribution in [0, 0.1) is 0 Å². The molecule has 2 aromatic rings. The molecule has 0 bridgehead atoms. The van der Waals surface area contributed by atoms with E-state index in [4.69, 9.17) is 5.11 Å². The average molecular weight is 351 g/mol. The van der Waals surface area contributed by atoms with Crippen molar-refractivity contribution in [1.82, 2.24) is 5.32 Å². The standard InChI is InChI=1S/C20H17NO5/c1-20(12-7-3-2-4-8-12)14-10-6-5-9-13(14)17(24)16(18(20)25)19(26)21-11-15(22)23/h2-10,25H,11H2,1H3,(H,21,26)(H,22,23)/t20-/m1/s1. The van der Waals surface area contributed by atoms with Gasteiger partial charge in [-0.1, -0.05) is 54.6 Å². The topological polar surface area (TPSA) is 104 Å². The first-order valence-corrected chi connectivity index (χ1v) is 8.00. The molecule has 1 aliphatic rings. The fraction of sp³-hybridized carbons (Fsp3) is 0.150. The van der Waals surface area contributed by atoms with E-state index < -0.39 is 41.0 Å². The monoisotopic (exact) mass is 351 g/mol. The van der Waals surface area contributed by atoms with Crippen LogP contribution in [0.2, 0.25) is 0 Å². The number of carbonyl (C=O) groups excluding carboxylic acids is 2. The van der Waals surface area contributed by atoms with E-state index in [1.165, 1.54) is 0 Å². The summed E-state index contributed by atoms with van der Waals surface area (Å²) in [6, 6.07) is 15.8. The van der Waals surface area contributed by atoms with Crippen LogP contribution in [0.15, 0.2) is 65.9 Å². The summed E-state index contributed by atoms with van der Waals surface area (Å²) in [5.74, 6) is -3.18. The Morgan fingerprint density at radius 1 is 1.04 bits per heavy atom. The zero-order valence-electron chi connectivity index (χ0n) is 14.0. The van der Waals surface area contributed by atoms with Gasteiger partial charge in [-0.05, 0) is 18.1 Å². The van der Waals surface area contributed by atoms with Crippen molar-refractivity contribution in [2.45, 2.75) is 12.3 Å². The van der Waals surface area contributed by atoms with E-state index in [-0.39, 0.29) is 0 Å². The first-order chi connectivity index (χ1) is 12.4. The fourth-order valence-electron chi connectivity index (χ4n) is 3.26. The van der Waals surface area contributed by atoms with Gasteiger partial charge in [-0.2, -0.15) is 0 Å². The Bertz CT molecular complexity index is 932. The van der Waals surface area contributed by atoms with Gasteiger partial charge in [0.05, 0.1) is 5.41 Å². The number of amides is 1. The van der Waals surface area contributed by atoms with Crippen molar-refractivity contribution in [1.29, 1.82) is 0 Å². The van der Waals surface area contributed by atoms with Crippen LogP contribution in [-0.2, 0) is 15.0 Å². The molecule has 1 atom stereocenters. The number of hydrogen-bond acceptors (Lipinski definition) is 4. The Balaban J connectivity index is 2.22. The minimum Gasteiger partial charge on any atom is -0.510 e. The molecular formula is C20H17NO5. The molecule has 0 fully saturated rings. The third kappa shape index (κ3) is 2.65. The summed E-state index contributed by atoms with van der Waals surface area (Å²) in [7, 11) is 0. The van der Waals surface area contributed by atoms with Gasteiger partial charge in [-0.15, -0.1) is 0 Å². The molecule has 0 unspecified atom stereocenters. The van der Waals surface area contributed by atoms with Crippen LogP contribution >= 0.6 is 0 Å². The largest absolute Gasteiger partial charge is 0.510 e. The minimum atomic E-state index is -1.24. The van der Waals surface area contributed by atoms with E-state index >= 15 is 0 Å². The van der Waals surface area contributed by atoms with Crippen LogP contribution < -0.4 is 5.32 Å². The van der Waals surface area contributed by atoms with Gasteiger partial charge in [0, 0.05) is 5.56 Å². The van der Waals surface area contributed by atoms with E-state index in [0.29, 0.717) is 16.7 Å². The molecule has 0 saturated carbocycles. The summed E-state index contributed by atoms with van der Waals surface area (Å²) in [6.07, 6.45) is 0. The van der Waals surface area contributed by atoms with Crippen molar-refractivity contribution in [2.24, 2.45) is 0 Å². The summed E-state index contributed by atoms with van der Waals surface area (Å²) < 4.78 is 0.